The van der Waals surface area contributed by atoms with Gasteiger partial charge in [-0.3, -0.25) is 9.10 Å². The maximum atomic E-state index is 13.9. The van der Waals surface area contributed by atoms with Crippen molar-refractivity contribution in [3.63, 3.8) is 0 Å². The van der Waals surface area contributed by atoms with Crippen molar-refractivity contribution in [3.8, 4) is 5.75 Å². The van der Waals surface area contributed by atoms with Gasteiger partial charge in [-0.1, -0.05) is 18.2 Å². The molecule has 6 nitrogen and oxygen atoms in total. The zero-order chi connectivity index (χ0) is 19.3. The number of para-hydroxylation sites is 2. The lowest BCUT2D eigenvalue weighted by Crippen LogP contribution is -2.39. The molecule has 0 aromatic heterocycles. The summed E-state index contributed by atoms with van der Waals surface area (Å²) in [6.07, 6.45) is 0.834. The van der Waals surface area contributed by atoms with E-state index in [1.807, 2.05) is 0 Å². The Hall–Kier alpha value is -2.68. The van der Waals surface area contributed by atoms with Gasteiger partial charge in [-0.2, -0.15) is 0 Å². The molecule has 0 saturated carbocycles. The van der Waals surface area contributed by atoms with E-state index in [0.717, 1.165) is 24.5 Å². The van der Waals surface area contributed by atoms with Gasteiger partial charge in [0.25, 0.3) is 5.91 Å². The van der Waals surface area contributed by atoms with Crippen molar-refractivity contribution in [2.75, 3.05) is 30.8 Å². The van der Waals surface area contributed by atoms with Gasteiger partial charge in [0.1, 0.15) is 11.4 Å². The van der Waals surface area contributed by atoms with Gasteiger partial charge in [0, 0.05) is 6.54 Å². The predicted octanol–water partition coefficient (Wildman–Crippen LogP) is 2.17. The van der Waals surface area contributed by atoms with Crippen LogP contribution in [0.4, 0.5) is 14.5 Å². The molecule has 0 atom stereocenters. The summed E-state index contributed by atoms with van der Waals surface area (Å²) in [6, 6.07) is 9.55. The van der Waals surface area contributed by atoms with E-state index in [9.17, 15) is 22.0 Å². The zero-order valence-electron chi connectivity index (χ0n) is 14.2. The molecule has 0 saturated heterocycles. The molecule has 1 N–H and O–H groups in total. The number of nitrogens with zero attached hydrogens (tertiary/aromatic N) is 1. The number of halogens is 2. The number of carbonyl (C=O) groups is 1. The van der Waals surface area contributed by atoms with Gasteiger partial charge < -0.3 is 10.1 Å². The minimum Gasteiger partial charge on any atom is -0.496 e. The summed E-state index contributed by atoms with van der Waals surface area (Å²) in [4.78, 5) is 12.2. The molecule has 0 radical (unpaired) electrons. The van der Waals surface area contributed by atoms with Gasteiger partial charge in [0.15, 0.2) is 11.6 Å². The molecule has 2 aromatic rings. The molecule has 0 aliphatic rings. The normalized spacial score (nSPS) is 11.1. The molecular weight excluding hydrogens is 366 g/mol. The molecule has 0 heterocycles. The fourth-order valence-electron chi connectivity index (χ4n) is 2.37. The van der Waals surface area contributed by atoms with Crippen LogP contribution in [0.3, 0.4) is 0 Å². The van der Waals surface area contributed by atoms with Crippen molar-refractivity contribution in [1.29, 1.82) is 0 Å². The van der Waals surface area contributed by atoms with E-state index in [2.05, 4.69) is 5.32 Å². The lowest BCUT2D eigenvalue weighted by molar-refractivity contribution is 0.0952. The Morgan fingerprint density at radius 1 is 1.12 bits per heavy atom. The average Bonchev–Trinajstić information content (AvgIpc) is 2.59. The number of benzene rings is 2. The molecule has 9 heteroatoms. The summed E-state index contributed by atoms with van der Waals surface area (Å²) in [6.45, 7) is -0.491. The molecule has 0 bridgehead atoms. The number of anilines is 1. The van der Waals surface area contributed by atoms with Crippen LogP contribution in [0.25, 0.3) is 0 Å². The third-order valence-corrected chi connectivity index (χ3v) is 4.71. The molecule has 26 heavy (non-hydrogen) atoms. The van der Waals surface area contributed by atoms with E-state index < -0.39 is 33.3 Å². The Kier molecular flexibility index (Phi) is 6.14. The molecule has 0 unspecified atom stereocenters. The van der Waals surface area contributed by atoms with Crippen LogP contribution < -0.4 is 14.4 Å². The first kappa shape index (κ1) is 19.6. The summed E-state index contributed by atoms with van der Waals surface area (Å²) < 4.78 is 57.4. The summed E-state index contributed by atoms with van der Waals surface area (Å²) in [5, 5.41) is 2.51. The highest BCUT2D eigenvalue weighted by Gasteiger charge is 2.24. The average molecular weight is 384 g/mol. The lowest BCUT2D eigenvalue weighted by Gasteiger charge is -2.23. The molecule has 0 spiro atoms. The molecule has 140 valence electrons. The highest BCUT2D eigenvalue weighted by Crippen LogP contribution is 2.25. The van der Waals surface area contributed by atoms with Gasteiger partial charge in [-0.05, 0) is 24.3 Å². The van der Waals surface area contributed by atoms with Crippen LogP contribution in [-0.2, 0) is 10.0 Å². The van der Waals surface area contributed by atoms with E-state index in [0.29, 0.717) is 10.1 Å². The Balaban J connectivity index is 2.15. The van der Waals surface area contributed by atoms with Crippen molar-refractivity contribution >= 4 is 21.6 Å². The van der Waals surface area contributed by atoms with Crippen LogP contribution in [0.15, 0.2) is 42.5 Å². The first-order valence-corrected chi connectivity index (χ1v) is 9.43. The van der Waals surface area contributed by atoms with Gasteiger partial charge in [-0.15, -0.1) is 0 Å². The third-order valence-electron chi connectivity index (χ3n) is 3.54. The number of hydrogen-bond acceptors (Lipinski definition) is 4. The van der Waals surface area contributed by atoms with Gasteiger partial charge in [0.05, 0.1) is 25.5 Å². The molecule has 0 aliphatic heterocycles. The smallest absolute Gasteiger partial charge is 0.255 e. The molecular formula is C17H18F2N2O4S. The quantitative estimate of drug-likeness (QED) is 0.794. The number of hydrogen-bond donors (Lipinski definition) is 1. The summed E-state index contributed by atoms with van der Waals surface area (Å²) in [7, 11) is -2.55. The summed E-state index contributed by atoms with van der Waals surface area (Å²) in [5.41, 5.74) is -0.417. The van der Waals surface area contributed by atoms with Gasteiger partial charge in [-0.25, -0.2) is 17.2 Å². The molecule has 0 aliphatic carbocycles. The molecule has 2 rings (SSSR count). The van der Waals surface area contributed by atoms with E-state index in [1.54, 1.807) is 24.3 Å². The van der Waals surface area contributed by atoms with Crippen LogP contribution in [-0.4, -0.2) is 40.8 Å². The third kappa shape index (κ3) is 4.48. The van der Waals surface area contributed by atoms with Crippen molar-refractivity contribution < 1.29 is 26.7 Å². The number of rotatable bonds is 7. The van der Waals surface area contributed by atoms with Crippen LogP contribution in [0, 0.1) is 11.6 Å². The predicted molar refractivity (Wildman–Crippen MR) is 93.9 cm³/mol. The Bertz CT molecular complexity index is 883. The SMILES string of the molecule is COc1ccccc1C(=O)NCCN(c1c(F)cccc1F)S(C)(=O)=O. The maximum Gasteiger partial charge on any atom is 0.255 e. The number of amides is 1. The topological polar surface area (TPSA) is 75.7 Å². The minimum absolute atomic E-state index is 0.155. The molecule has 1 amide bonds. The first-order valence-electron chi connectivity index (χ1n) is 7.58. The molecule has 0 fully saturated rings. The van der Waals surface area contributed by atoms with Crippen LogP contribution in [0.5, 0.6) is 5.75 Å². The van der Waals surface area contributed by atoms with Crippen LogP contribution in [0.2, 0.25) is 0 Å². The van der Waals surface area contributed by atoms with Crippen molar-refractivity contribution in [3.05, 3.63) is 59.7 Å². The highest BCUT2D eigenvalue weighted by atomic mass is 32.2. The van der Waals surface area contributed by atoms with Crippen LogP contribution >= 0.6 is 0 Å². The van der Waals surface area contributed by atoms with E-state index in [4.69, 9.17) is 4.74 Å². The highest BCUT2D eigenvalue weighted by molar-refractivity contribution is 7.92. The number of nitrogens with one attached hydrogen (secondary N) is 1. The van der Waals surface area contributed by atoms with Gasteiger partial charge >= 0.3 is 0 Å². The summed E-state index contributed by atoms with van der Waals surface area (Å²) >= 11 is 0. The second-order valence-corrected chi connectivity index (χ2v) is 7.27. The largest absolute Gasteiger partial charge is 0.496 e. The maximum absolute atomic E-state index is 13.9. The van der Waals surface area contributed by atoms with E-state index in [-0.39, 0.29) is 18.7 Å². The minimum atomic E-state index is -3.96. The summed E-state index contributed by atoms with van der Waals surface area (Å²) in [5.74, 6) is -2.16. The second-order valence-electron chi connectivity index (χ2n) is 5.36. The number of ether oxygens (including phenoxy) is 1. The van der Waals surface area contributed by atoms with Crippen LogP contribution in [0.1, 0.15) is 10.4 Å². The number of methoxy groups -OCH3 is 1. The Labute approximate surface area is 150 Å². The first-order chi connectivity index (χ1) is 12.3. The van der Waals surface area contributed by atoms with Crippen molar-refractivity contribution in [2.24, 2.45) is 0 Å². The second kappa shape index (κ2) is 8.13. The van der Waals surface area contributed by atoms with Crippen molar-refractivity contribution in [2.45, 2.75) is 0 Å². The lowest BCUT2D eigenvalue weighted by atomic mass is 10.2. The number of sulfonamides is 1. The zero-order valence-corrected chi connectivity index (χ0v) is 15.0. The van der Waals surface area contributed by atoms with Crippen molar-refractivity contribution in [1.82, 2.24) is 5.32 Å². The monoisotopic (exact) mass is 384 g/mol. The Morgan fingerprint density at radius 3 is 2.31 bits per heavy atom. The van der Waals surface area contributed by atoms with E-state index >= 15 is 0 Å². The van der Waals surface area contributed by atoms with Gasteiger partial charge in [0.2, 0.25) is 10.0 Å². The van der Waals surface area contributed by atoms with E-state index in [1.165, 1.54) is 7.11 Å². The fourth-order valence-corrected chi connectivity index (χ4v) is 3.30. The molecule has 2 aromatic carbocycles. The fraction of sp³-hybridized carbons (Fsp3) is 0.235. The standard InChI is InChI=1S/C17H18F2N2O4S/c1-25-15-9-4-3-6-12(15)17(22)20-10-11-21(26(2,23)24)16-13(18)7-5-8-14(16)19/h3-9H,10-11H2,1-2H3,(H,20,22). The number of carbonyl (C=O) groups excluding carboxylic acids is 1. The Morgan fingerprint density at radius 2 is 1.73 bits per heavy atom.